The van der Waals surface area contributed by atoms with E-state index in [2.05, 4.69) is 9.88 Å². The van der Waals surface area contributed by atoms with Crippen LogP contribution in [0.2, 0.25) is 0 Å². The van der Waals surface area contributed by atoms with Crippen LogP contribution in [0.15, 0.2) is 18.3 Å². The van der Waals surface area contributed by atoms with Gasteiger partial charge < -0.3 is 15.4 Å². The van der Waals surface area contributed by atoms with Crippen LogP contribution in [0.25, 0.3) is 0 Å². The van der Waals surface area contributed by atoms with E-state index in [0.717, 1.165) is 37.8 Å². The number of hydrogen-bond acceptors (Lipinski definition) is 4. The van der Waals surface area contributed by atoms with Crippen molar-refractivity contribution in [2.45, 2.75) is 12.8 Å². The second kappa shape index (κ2) is 3.63. The Morgan fingerprint density at radius 3 is 2.50 bits per heavy atom. The average molecular weight is 219 g/mol. The largest absolute Gasteiger partial charge is 0.397 e. The van der Waals surface area contributed by atoms with E-state index in [1.54, 1.807) is 6.20 Å². The van der Waals surface area contributed by atoms with Crippen LogP contribution < -0.4 is 10.6 Å². The highest BCUT2D eigenvalue weighted by Gasteiger charge is 2.41. The van der Waals surface area contributed by atoms with Gasteiger partial charge >= 0.3 is 0 Å². The normalized spacial score (nSPS) is 23.1. The summed E-state index contributed by atoms with van der Waals surface area (Å²) in [5, 5.41) is 0. The van der Waals surface area contributed by atoms with Gasteiger partial charge in [-0.1, -0.05) is 0 Å². The van der Waals surface area contributed by atoms with Crippen molar-refractivity contribution in [2.24, 2.45) is 5.41 Å². The summed E-state index contributed by atoms with van der Waals surface area (Å²) in [4.78, 5) is 6.70. The van der Waals surface area contributed by atoms with Gasteiger partial charge in [0.2, 0.25) is 0 Å². The minimum absolute atomic E-state index is 0.490. The predicted octanol–water partition coefficient (Wildman–Crippen LogP) is 1.28. The van der Waals surface area contributed by atoms with Crippen molar-refractivity contribution < 1.29 is 4.74 Å². The standard InChI is InChI=1S/C12H17N3O/c13-10-1-2-11(14-7-10)15-5-3-12(4-6-15)8-16-9-12/h1-2,7H,3-6,8-9,13H2. The van der Waals surface area contributed by atoms with Gasteiger partial charge in [-0.05, 0) is 25.0 Å². The molecule has 2 N–H and O–H groups in total. The van der Waals surface area contributed by atoms with Crippen molar-refractivity contribution in [3.05, 3.63) is 18.3 Å². The van der Waals surface area contributed by atoms with Crippen LogP contribution in [0.3, 0.4) is 0 Å². The Bertz CT molecular complexity index is 362. The van der Waals surface area contributed by atoms with E-state index in [9.17, 15) is 0 Å². The summed E-state index contributed by atoms with van der Waals surface area (Å²) in [6.45, 7) is 4.08. The lowest BCUT2D eigenvalue weighted by Gasteiger charge is -2.47. The number of nitrogens with zero attached hydrogens (tertiary/aromatic N) is 2. The maximum atomic E-state index is 5.63. The molecule has 4 nitrogen and oxygen atoms in total. The van der Waals surface area contributed by atoms with Gasteiger partial charge in [0.25, 0.3) is 0 Å². The first kappa shape index (κ1) is 9.90. The maximum Gasteiger partial charge on any atom is 0.128 e. The summed E-state index contributed by atoms with van der Waals surface area (Å²) >= 11 is 0. The number of nitrogen functional groups attached to an aromatic ring is 1. The van der Waals surface area contributed by atoms with E-state index in [1.807, 2.05) is 12.1 Å². The fourth-order valence-electron chi connectivity index (χ4n) is 2.47. The fourth-order valence-corrected chi connectivity index (χ4v) is 2.47. The first-order chi connectivity index (χ1) is 7.77. The number of anilines is 2. The third-order valence-electron chi connectivity index (χ3n) is 3.74. The summed E-state index contributed by atoms with van der Waals surface area (Å²) in [5.74, 6) is 1.05. The van der Waals surface area contributed by atoms with Gasteiger partial charge in [0.1, 0.15) is 5.82 Å². The van der Waals surface area contributed by atoms with Gasteiger partial charge in [0.05, 0.1) is 25.1 Å². The van der Waals surface area contributed by atoms with Crippen LogP contribution >= 0.6 is 0 Å². The first-order valence-corrected chi connectivity index (χ1v) is 5.82. The topological polar surface area (TPSA) is 51.4 Å². The number of hydrogen-bond donors (Lipinski definition) is 1. The summed E-state index contributed by atoms with van der Waals surface area (Å²) in [6, 6.07) is 3.92. The molecule has 0 amide bonds. The molecule has 2 aliphatic heterocycles. The summed E-state index contributed by atoms with van der Waals surface area (Å²) in [5.41, 5.74) is 6.85. The maximum absolute atomic E-state index is 5.63. The van der Waals surface area contributed by atoms with Crippen molar-refractivity contribution in [2.75, 3.05) is 36.9 Å². The molecule has 3 rings (SSSR count). The average Bonchev–Trinajstić information content (AvgIpc) is 2.28. The Hall–Kier alpha value is -1.29. The summed E-state index contributed by atoms with van der Waals surface area (Å²) in [7, 11) is 0. The summed E-state index contributed by atoms with van der Waals surface area (Å²) in [6.07, 6.45) is 4.17. The minimum Gasteiger partial charge on any atom is -0.397 e. The third-order valence-corrected chi connectivity index (χ3v) is 3.74. The van der Waals surface area contributed by atoms with E-state index in [4.69, 9.17) is 10.5 Å². The van der Waals surface area contributed by atoms with Crippen LogP contribution in [0, 0.1) is 5.41 Å². The molecule has 0 radical (unpaired) electrons. The highest BCUT2D eigenvalue weighted by atomic mass is 16.5. The van der Waals surface area contributed by atoms with Gasteiger partial charge in [-0.3, -0.25) is 0 Å². The SMILES string of the molecule is Nc1ccc(N2CCC3(CC2)COC3)nc1. The molecule has 0 atom stereocenters. The van der Waals surface area contributed by atoms with Crippen LogP contribution in [0.5, 0.6) is 0 Å². The zero-order valence-corrected chi connectivity index (χ0v) is 9.35. The number of piperidine rings is 1. The van der Waals surface area contributed by atoms with Gasteiger partial charge in [-0.2, -0.15) is 0 Å². The molecule has 1 spiro atoms. The van der Waals surface area contributed by atoms with E-state index < -0.39 is 0 Å². The number of aromatic nitrogens is 1. The quantitative estimate of drug-likeness (QED) is 0.773. The van der Waals surface area contributed by atoms with Crippen molar-refractivity contribution in [1.82, 2.24) is 4.98 Å². The van der Waals surface area contributed by atoms with E-state index >= 15 is 0 Å². The fraction of sp³-hybridized carbons (Fsp3) is 0.583. The molecule has 1 aromatic heterocycles. The molecule has 0 bridgehead atoms. The molecule has 86 valence electrons. The highest BCUT2D eigenvalue weighted by molar-refractivity contribution is 5.46. The smallest absolute Gasteiger partial charge is 0.128 e. The molecule has 16 heavy (non-hydrogen) atoms. The summed E-state index contributed by atoms with van der Waals surface area (Å²) < 4.78 is 5.32. The van der Waals surface area contributed by atoms with E-state index in [-0.39, 0.29) is 0 Å². The van der Waals surface area contributed by atoms with Gasteiger partial charge in [0.15, 0.2) is 0 Å². The number of pyridine rings is 1. The molecule has 0 aliphatic carbocycles. The second-order valence-electron chi connectivity index (χ2n) is 4.93. The molecular formula is C12H17N3O. The lowest BCUT2D eigenvalue weighted by molar-refractivity contribution is -0.124. The molecule has 0 saturated carbocycles. The van der Waals surface area contributed by atoms with Crippen molar-refractivity contribution in [3.63, 3.8) is 0 Å². The molecular weight excluding hydrogens is 202 g/mol. The Kier molecular flexibility index (Phi) is 2.24. The molecule has 0 aromatic carbocycles. The van der Waals surface area contributed by atoms with E-state index in [1.165, 1.54) is 12.8 Å². The molecule has 1 aromatic rings. The molecule has 3 heterocycles. The van der Waals surface area contributed by atoms with Gasteiger partial charge in [-0.15, -0.1) is 0 Å². The third kappa shape index (κ3) is 1.63. The second-order valence-corrected chi connectivity index (χ2v) is 4.93. The van der Waals surface area contributed by atoms with Crippen LogP contribution in [-0.4, -0.2) is 31.3 Å². The zero-order chi connectivity index (χ0) is 11.0. The first-order valence-electron chi connectivity index (χ1n) is 5.82. The predicted molar refractivity (Wildman–Crippen MR) is 63.3 cm³/mol. The zero-order valence-electron chi connectivity index (χ0n) is 9.35. The molecule has 2 aliphatic rings. The van der Waals surface area contributed by atoms with Crippen LogP contribution in [0.4, 0.5) is 11.5 Å². The molecule has 2 saturated heterocycles. The molecule has 2 fully saturated rings. The number of ether oxygens (including phenoxy) is 1. The van der Waals surface area contributed by atoms with Crippen molar-refractivity contribution in [3.8, 4) is 0 Å². The van der Waals surface area contributed by atoms with Crippen LogP contribution in [-0.2, 0) is 4.74 Å². The lowest BCUT2D eigenvalue weighted by atomic mass is 9.77. The highest BCUT2D eigenvalue weighted by Crippen LogP contribution is 2.39. The number of rotatable bonds is 1. The molecule has 4 heteroatoms. The Morgan fingerprint density at radius 2 is 2.00 bits per heavy atom. The Morgan fingerprint density at radius 1 is 1.25 bits per heavy atom. The van der Waals surface area contributed by atoms with Gasteiger partial charge in [-0.25, -0.2) is 4.98 Å². The van der Waals surface area contributed by atoms with Gasteiger partial charge in [0, 0.05) is 18.5 Å². The Balaban J connectivity index is 1.67. The Labute approximate surface area is 95.4 Å². The molecule has 0 unspecified atom stereocenters. The van der Waals surface area contributed by atoms with Crippen molar-refractivity contribution >= 4 is 11.5 Å². The lowest BCUT2D eigenvalue weighted by Crippen LogP contribution is -2.51. The van der Waals surface area contributed by atoms with E-state index in [0.29, 0.717) is 5.41 Å². The van der Waals surface area contributed by atoms with Crippen LogP contribution in [0.1, 0.15) is 12.8 Å². The monoisotopic (exact) mass is 219 g/mol. The minimum atomic E-state index is 0.490. The van der Waals surface area contributed by atoms with Crippen molar-refractivity contribution in [1.29, 1.82) is 0 Å². The number of nitrogens with two attached hydrogens (primary N) is 1.